The van der Waals surface area contributed by atoms with Crippen molar-refractivity contribution in [3.05, 3.63) is 29.8 Å². The van der Waals surface area contributed by atoms with Crippen LogP contribution in [0, 0.1) is 0 Å². The van der Waals surface area contributed by atoms with Gasteiger partial charge in [0.15, 0.2) is 0 Å². The highest BCUT2D eigenvalue weighted by Gasteiger charge is 2.35. The van der Waals surface area contributed by atoms with Crippen molar-refractivity contribution in [3.63, 3.8) is 0 Å². The van der Waals surface area contributed by atoms with E-state index in [0.717, 1.165) is 31.4 Å². The van der Waals surface area contributed by atoms with Gasteiger partial charge < -0.3 is 10.4 Å². The molecular weight excluding hydrogens is 226 g/mol. The SMILES string of the molecule is CCCNC1(c2cccc(O)c2)CCC(=O)CC1. The Kier molecular flexibility index (Phi) is 4.02. The van der Waals surface area contributed by atoms with E-state index in [1.54, 1.807) is 6.07 Å². The van der Waals surface area contributed by atoms with E-state index in [9.17, 15) is 9.90 Å². The summed E-state index contributed by atoms with van der Waals surface area (Å²) in [6, 6.07) is 7.41. The molecule has 2 rings (SSSR count). The Bertz CT molecular complexity index is 418. The first-order valence-corrected chi connectivity index (χ1v) is 6.72. The summed E-state index contributed by atoms with van der Waals surface area (Å²) in [5.41, 5.74) is 0.964. The minimum absolute atomic E-state index is 0.136. The van der Waals surface area contributed by atoms with Crippen molar-refractivity contribution in [3.8, 4) is 5.75 Å². The predicted molar refractivity (Wildman–Crippen MR) is 71.6 cm³/mol. The number of nitrogens with one attached hydrogen (secondary N) is 1. The molecule has 1 fully saturated rings. The van der Waals surface area contributed by atoms with Gasteiger partial charge in [-0.2, -0.15) is 0 Å². The lowest BCUT2D eigenvalue weighted by molar-refractivity contribution is -0.121. The zero-order chi connectivity index (χ0) is 13.0. The first-order chi connectivity index (χ1) is 8.66. The maximum Gasteiger partial charge on any atom is 0.133 e. The van der Waals surface area contributed by atoms with Crippen LogP contribution in [0.5, 0.6) is 5.75 Å². The van der Waals surface area contributed by atoms with Crippen LogP contribution in [0.2, 0.25) is 0 Å². The van der Waals surface area contributed by atoms with Crippen LogP contribution in [0.15, 0.2) is 24.3 Å². The molecule has 0 radical (unpaired) electrons. The number of benzene rings is 1. The second kappa shape index (κ2) is 5.53. The Morgan fingerprint density at radius 3 is 2.67 bits per heavy atom. The third kappa shape index (κ3) is 2.72. The molecule has 1 aromatic rings. The van der Waals surface area contributed by atoms with E-state index in [0.29, 0.717) is 24.4 Å². The number of phenolic OH excluding ortho intramolecular Hbond substituents is 1. The number of ketones is 1. The van der Waals surface area contributed by atoms with Crippen LogP contribution in [0.25, 0.3) is 0 Å². The summed E-state index contributed by atoms with van der Waals surface area (Å²) in [5, 5.41) is 13.2. The Morgan fingerprint density at radius 2 is 2.06 bits per heavy atom. The van der Waals surface area contributed by atoms with Crippen LogP contribution in [-0.4, -0.2) is 17.4 Å². The van der Waals surface area contributed by atoms with Crippen molar-refractivity contribution >= 4 is 5.78 Å². The molecule has 3 heteroatoms. The van der Waals surface area contributed by atoms with Gasteiger partial charge in [-0.05, 0) is 43.5 Å². The van der Waals surface area contributed by atoms with Crippen molar-refractivity contribution in [1.82, 2.24) is 5.32 Å². The average molecular weight is 247 g/mol. The zero-order valence-corrected chi connectivity index (χ0v) is 10.9. The summed E-state index contributed by atoms with van der Waals surface area (Å²) < 4.78 is 0. The number of aromatic hydroxyl groups is 1. The maximum atomic E-state index is 11.4. The topological polar surface area (TPSA) is 49.3 Å². The first kappa shape index (κ1) is 13.1. The molecule has 98 valence electrons. The van der Waals surface area contributed by atoms with Crippen LogP contribution >= 0.6 is 0 Å². The smallest absolute Gasteiger partial charge is 0.133 e. The number of carbonyl (C=O) groups is 1. The number of phenols is 1. The van der Waals surface area contributed by atoms with Crippen molar-refractivity contribution in [1.29, 1.82) is 0 Å². The Balaban J connectivity index is 2.26. The quantitative estimate of drug-likeness (QED) is 0.860. The lowest BCUT2D eigenvalue weighted by atomic mass is 9.76. The summed E-state index contributed by atoms with van der Waals surface area (Å²) in [7, 11) is 0. The van der Waals surface area contributed by atoms with E-state index in [-0.39, 0.29) is 5.54 Å². The molecule has 0 heterocycles. The molecule has 0 atom stereocenters. The molecule has 0 aromatic heterocycles. The molecular formula is C15H21NO2. The van der Waals surface area contributed by atoms with E-state index in [1.807, 2.05) is 18.2 Å². The molecule has 1 saturated carbocycles. The molecule has 0 bridgehead atoms. The van der Waals surface area contributed by atoms with Crippen molar-refractivity contribution in [2.45, 2.75) is 44.6 Å². The number of carbonyl (C=O) groups excluding carboxylic acids is 1. The van der Waals surface area contributed by atoms with Gasteiger partial charge in [0, 0.05) is 18.4 Å². The second-order valence-electron chi connectivity index (χ2n) is 5.10. The molecule has 1 aliphatic carbocycles. The number of hydrogen-bond acceptors (Lipinski definition) is 3. The van der Waals surface area contributed by atoms with Crippen LogP contribution in [0.1, 0.15) is 44.6 Å². The Morgan fingerprint density at radius 1 is 1.33 bits per heavy atom. The number of rotatable bonds is 4. The minimum atomic E-state index is -0.136. The Hall–Kier alpha value is -1.35. The Labute approximate surface area is 108 Å². The third-order valence-corrected chi connectivity index (χ3v) is 3.77. The molecule has 0 saturated heterocycles. The van der Waals surface area contributed by atoms with Gasteiger partial charge in [0.2, 0.25) is 0 Å². The van der Waals surface area contributed by atoms with Crippen molar-refractivity contribution in [2.24, 2.45) is 0 Å². The third-order valence-electron chi connectivity index (χ3n) is 3.77. The molecule has 0 unspecified atom stereocenters. The van der Waals surface area contributed by atoms with Gasteiger partial charge in [-0.1, -0.05) is 19.1 Å². The van der Waals surface area contributed by atoms with E-state index in [1.165, 1.54) is 0 Å². The van der Waals surface area contributed by atoms with Gasteiger partial charge >= 0.3 is 0 Å². The normalized spacial score (nSPS) is 18.8. The van der Waals surface area contributed by atoms with E-state index < -0.39 is 0 Å². The fourth-order valence-electron chi connectivity index (χ4n) is 2.69. The molecule has 18 heavy (non-hydrogen) atoms. The van der Waals surface area contributed by atoms with Crippen LogP contribution in [0.4, 0.5) is 0 Å². The van der Waals surface area contributed by atoms with Gasteiger partial charge in [-0.25, -0.2) is 0 Å². The lowest BCUT2D eigenvalue weighted by Crippen LogP contribution is -2.45. The molecule has 1 aromatic carbocycles. The number of hydrogen-bond donors (Lipinski definition) is 2. The maximum absolute atomic E-state index is 11.4. The van der Waals surface area contributed by atoms with E-state index in [4.69, 9.17) is 0 Å². The van der Waals surface area contributed by atoms with Gasteiger partial charge in [0.1, 0.15) is 11.5 Å². The van der Waals surface area contributed by atoms with Gasteiger partial charge in [-0.15, -0.1) is 0 Å². The van der Waals surface area contributed by atoms with E-state index in [2.05, 4.69) is 12.2 Å². The molecule has 0 spiro atoms. The van der Waals surface area contributed by atoms with Gasteiger partial charge in [-0.3, -0.25) is 4.79 Å². The molecule has 1 aliphatic rings. The highest BCUT2D eigenvalue weighted by Crippen LogP contribution is 2.36. The molecule has 2 N–H and O–H groups in total. The molecule has 3 nitrogen and oxygen atoms in total. The average Bonchev–Trinajstić information content (AvgIpc) is 2.39. The summed E-state index contributed by atoms with van der Waals surface area (Å²) in [6.45, 7) is 3.07. The predicted octanol–water partition coefficient (Wildman–Crippen LogP) is 2.73. The van der Waals surface area contributed by atoms with Crippen LogP contribution in [0.3, 0.4) is 0 Å². The van der Waals surface area contributed by atoms with Crippen molar-refractivity contribution < 1.29 is 9.90 Å². The lowest BCUT2D eigenvalue weighted by Gasteiger charge is -2.38. The number of Topliss-reactive ketones (excluding diaryl/α,β-unsaturated/α-hetero) is 1. The van der Waals surface area contributed by atoms with Gasteiger partial charge in [0.05, 0.1) is 0 Å². The zero-order valence-electron chi connectivity index (χ0n) is 10.9. The monoisotopic (exact) mass is 247 g/mol. The van der Waals surface area contributed by atoms with Gasteiger partial charge in [0.25, 0.3) is 0 Å². The summed E-state index contributed by atoms with van der Waals surface area (Å²) >= 11 is 0. The highest BCUT2D eigenvalue weighted by molar-refractivity contribution is 5.79. The fraction of sp³-hybridized carbons (Fsp3) is 0.533. The summed E-state index contributed by atoms with van der Waals surface area (Å²) in [4.78, 5) is 11.4. The summed E-state index contributed by atoms with van der Waals surface area (Å²) in [5.74, 6) is 0.645. The van der Waals surface area contributed by atoms with Crippen molar-refractivity contribution in [2.75, 3.05) is 6.54 Å². The highest BCUT2D eigenvalue weighted by atomic mass is 16.3. The van der Waals surface area contributed by atoms with E-state index >= 15 is 0 Å². The largest absolute Gasteiger partial charge is 0.508 e. The minimum Gasteiger partial charge on any atom is -0.508 e. The second-order valence-corrected chi connectivity index (χ2v) is 5.10. The standard InChI is InChI=1S/C15H21NO2/c1-2-10-16-15(8-6-13(17)7-9-15)12-4-3-5-14(18)11-12/h3-5,11,16,18H,2,6-10H2,1H3. The van der Waals surface area contributed by atoms with Crippen LogP contribution in [-0.2, 0) is 10.3 Å². The molecule has 0 amide bonds. The fourth-order valence-corrected chi connectivity index (χ4v) is 2.69. The molecule has 0 aliphatic heterocycles. The first-order valence-electron chi connectivity index (χ1n) is 6.72. The summed E-state index contributed by atoms with van der Waals surface area (Å²) in [6.07, 6.45) is 3.98. The van der Waals surface area contributed by atoms with Crippen LogP contribution < -0.4 is 5.32 Å².